The van der Waals surface area contributed by atoms with Crippen LogP contribution in [0.1, 0.15) is 29.3 Å². The fourth-order valence-corrected chi connectivity index (χ4v) is 5.00. The minimum absolute atomic E-state index is 0.0285. The van der Waals surface area contributed by atoms with E-state index >= 15 is 0 Å². The van der Waals surface area contributed by atoms with Crippen LogP contribution in [0.25, 0.3) is 10.9 Å². The quantitative estimate of drug-likeness (QED) is 0.416. The van der Waals surface area contributed by atoms with Crippen molar-refractivity contribution in [1.82, 2.24) is 14.4 Å². The molecule has 2 N–H and O–H groups in total. The summed E-state index contributed by atoms with van der Waals surface area (Å²) in [4.78, 5) is 29.1. The molecule has 0 bridgehead atoms. The molecule has 1 aliphatic rings. The first-order chi connectivity index (χ1) is 17.8. The number of rotatable bonds is 6. The van der Waals surface area contributed by atoms with Crippen molar-refractivity contribution in [2.24, 2.45) is 0 Å². The highest BCUT2D eigenvalue weighted by atomic mass is 16.3. The highest BCUT2D eigenvalue weighted by Crippen LogP contribution is 2.25. The Balaban J connectivity index is 1.34. The molecule has 0 unspecified atom stereocenters. The van der Waals surface area contributed by atoms with E-state index in [1.165, 1.54) is 0 Å². The molecule has 0 radical (unpaired) electrons. The number of fused-ring (bicyclic) bond motifs is 2. The zero-order valence-electron chi connectivity index (χ0n) is 21.4. The molecular weight excluding hydrogens is 464 g/mol. The van der Waals surface area contributed by atoms with E-state index in [1.807, 2.05) is 56.4 Å². The van der Waals surface area contributed by atoms with Crippen molar-refractivity contribution in [3.63, 3.8) is 0 Å². The van der Waals surface area contributed by atoms with E-state index in [0.29, 0.717) is 19.6 Å². The summed E-state index contributed by atoms with van der Waals surface area (Å²) in [5.41, 5.74) is 6.11. The van der Waals surface area contributed by atoms with Gasteiger partial charge in [0.05, 0.1) is 13.0 Å². The van der Waals surface area contributed by atoms with Crippen LogP contribution in [0.2, 0.25) is 0 Å². The van der Waals surface area contributed by atoms with E-state index in [9.17, 15) is 14.7 Å². The summed E-state index contributed by atoms with van der Waals surface area (Å²) < 4.78 is 2.23. The van der Waals surface area contributed by atoms with Gasteiger partial charge in [0.15, 0.2) is 0 Å². The molecule has 0 saturated heterocycles. The fourth-order valence-electron chi connectivity index (χ4n) is 5.00. The number of nitrogens with one attached hydrogen (secondary N) is 1. The number of anilines is 1. The average molecular weight is 497 g/mol. The summed E-state index contributed by atoms with van der Waals surface area (Å²) in [6.07, 6.45) is 0.287. The van der Waals surface area contributed by atoms with Crippen LogP contribution in [0.4, 0.5) is 5.69 Å². The number of hydrogen-bond donors (Lipinski definition) is 2. The number of carbonyl (C=O) groups is 2. The molecule has 2 heterocycles. The zero-order valence-corrected chi connectivity index (χ0v) is 21.4. The van der Waals surface area contributed by atoms with Crippen molar-refractivity contribution in [2.75, 3.05) is 19.4 Å². The molecule has 0 fully saturated rings. The molecule has 2 amide bonds. The lowest BCUT2D eigenvalue weighted by molar-refractivity contribution is -0.131. The van der Waals surface area contributed by atoms with E-state index in [-0.39, 0.29) is 30.0 Å². The summed E-state index contributed by atoms with van der Waals surface area (Å²) in [6, 6.07) is 23.3. The average Bonchev–Trinajstić information content (AvgIpc) is 3.17. The second-order valence-corrected chi connectivity index (χ2v) is 9.93. The highest BCUT2D eigenvalue weighted by Gasteiger charge is 2.24. The third-order valence-electron chi connectivity index (χ3n) is 7.05. The van der Waals surface area contributed by atoms with Crippen LogP contribution in [0.5, 0.6) is 5.75 Å². The van der Waals surface area contributed by atoms with Crippen molar-refractivity contribution >= 4 is 28.4 Å². The number of aromatic nitrogens is 1. The van der Waals surface area contributed by atoms with Crippen LogP contribution in [0.3, 0.4) is 0 Å². The predicted molar refractivity (Wildman–Crippen MR) is 145 cm³/mol. The molecule has 0 saturated carbocycles. The van der Waals surface area contributed by atoms with Gasteiger partial charge in [-0.15, -0.1) is 0 Å². The fraction of sp³-hybridized carbons (Fsp3) is 0.267. The Kier molecular flexibility index (Phi) is 6.61. The van der Waals surface area contributed by atoms with E-state index in [0.717, 1.165) is 39.0 Å². The summed E-state index contributed by atoms with van der Waals surface area (Å²) in [5, 5.41) is 14.1. The number of benzene rings is 3. The lowest BCUT2D eigenvalue weighted by Gasteiger charge is -2.20. The Hall–Kier alpha value is -4.26. The Morgan fingerprint density at radius 1 is 1.05 bits per heavy atom. The maximum atomic E-state index is 13.3. The van der Waals surface area contributed by atoms with E-state index in [4.69, 9.17) is 0 Å². The summed E-state index contributed by atoms with van der Waals surface area (Å²) >= 11 is 0. The number of aromatic hydroxyl groups is 1. The molecule has 4 aromatic rings. The van der Waals surface area contributed by atoms with Crippen LogP contribution in [-0.2, 0) is 35.6 Å². The Morgan fingerprint density at radius 2 is 1.78 bits per heavy atom. The predicted octanol–water partition coefficient (Wildman–Crippen LogP) is 4.37. The monoisotopic (exact) mass is 496 g/mol. The molecule has 3 aromatic carbocycles. The summed E-state index contributed by atoms with van der Waals surface area (Å²) in [5.74, 6) is 0.324. The topological polar surface area (TPSA) is 77.8 Å². The second-order valence-electron chi connectivity index (χ2n) is 9.93. The molecule has 1 aromatic heterocycles. The van der Waals surface area contributed by atoms with Crippen LogP contribution >= 0.6 is 0 Å². The Morgan fingerprint density at radius 3 is 2.57 bits per heavy atom. The van der Waals surface area contributed by atoms with E-state index in [1.54, 1.807) is 29.0 Å². The van der Waals surface area contributed by atoms with Crippen LogP contribution in [-0.4, -0.2) is 51.4 Å². The van der Waals surface area contributed by atoms with Crippen LogP contribution in [0.15, 0.2) is 72.8 Å². The smallest absolute Gasteiger partial charge is 0.244 e. The molecular formula is C30H32N4O3. The third-order valence-corrected chi connectivity index (χ3v) is 7.05. The number of likely N-dealkylation sites (N-methyl/N-ethyl adjacent to an activating group) is 2. The normalized spacial score (nSPS) is 15.3. The minimum Gasteiger partial charge on any atom is -0.508 e. The van der Waals surface area contributed by atoms with Gasteiger partial charge in [-0.3, -0.25) is 9.59 Å². The first-order valence-corrected chi connectivity index (χ1v) is 12.5. The summed E-state index contributed by atoms with van der Waals surface area (Å²) in [7, 11) is 3.64. The maximum absolute atomic E-state index is 13.3. The number of para-hydroxylation sites is 1. The number of nitrogens with zero attached hydrogens (tertiary/aromatic N) is 3. The largest absolute Gasteiger partial charge is 0.508 e. The van der Waals surface area contributed by atoms with Crippen molar-refractivity contribution < 1.29 is 14.7 Å². The molecule has 190 valence electrons. The summed E-state index contributed by atoms with van der Waals surface area (Å²) in [6.45, 7) is 3.50. The van der Waals surface area contributed by atoms with Gasteiger partial charge in [-0.05, 0) is 59.3 Å². The van der Waals surface area contributed by atoms with Gasteiger partial charge in [0, 0.05) is 44.1 Å². The number of phenols is 1. The molecule has 7 nitrogen and oxygen atoms in total. The first-order valence-electron chi connectivity index (χ1n) is 12.5. The molecule has 37 heavy (non-hydrogen) atoms. The highest BCUT2D eigenvalue weighted by molar-refractivity contribution is 5.86. The Bertz CT molecular complexity index is 1460. The van der Waals surface area contributed by atoms with Crippen molar-refractivity contribution in [1.29, 1.82) is 0 Å². The first kappa shape index (κ1) is 24.4. The van der Waals surface area contributed by atoms with E-state index in [2.05, 4.69) is 28.1 Å². The van der Waals surface area contributed by atoms with Gasteiger partial charge in [-0.2, -0.15) is 0 Å². The lowest BCUT2D eigenvalue weighted by Crippen LogP contribution is -2.35. The molecule has 0 aliphatic carbocycles. The zero-order chi connectivity index (χ0) is 26.1. The van der Waals surface area contributed by atoms with Gasteiger partial charge >= 0.3 is 0 Å². The van der Waals surface area contributed by atoms with Gasteiger partial charge < -0.3 is 24.8 Å². The maximum Gasteiger partial charge on any atom is 0.244 e. The molecule has 7 heteroatoms. The number of amides is 2. The molecule has 0 spiro atoms. The van der Waals surface area contributed by atoms with Crippen molar-refractivity contribution in [3.8, 4) is 5.75 Å². The van der Waals surface area contributed by atoms with Gasteiger partial charge in [0.2, 0.25) is 11.8 Å². The Labute approximate surface area is 216 Å². The lowest BCUT2D eigenvalue weighted by atomic mass is 10.0. The molecule has 5 rings (SSSR count). The van der Waals surface area contributed by atoms with Crippen molar-refractivity contribution in [2.45, 2.75) is 39.0 Å². The van der Waals surface area contributed by atoms with Gasteiger partial charge in [0.25, 0.3) is 0 Å². The van der Waals surface area contributed by atoms with Gasteiger partial charge in [-0.25, -0.2) is 0 Å². The SMILES string of the molecule is C[C@H]1Nc2ccc(CC(=O)N(C)Cc3cc4ccccc4n3Cc3ccc(O)cc3)cc2CN(C)C1=O. The number of phenolic OH excluding ortho intramolecular Hbond substituents is 1. The second kappa shape index (κ2) is 10.0. The molecule has 1 atom stereocenters. The number of carbonyl (C=O) groups excluding carboxylic acids is 2. The van der Waals surface area contributed by atoms with Crippen LogP contribution < -0.4 is 5.32 Å². The van der Waals surface area contributed by atoms with E-state index < -0.39 is 0 Å². The third kappa shape index (κ3) is 5.16. The number of hydrogen-bond acceptors (Lipinski definition) is 4. The van der Waals surface area contributed by atoms with Crippen molar-refractivity contribution in [3.05, 3.63) is 95.2 Å². The van der Waals surface area contributed by atoms with Crippen LogP contribution in [0, 0.1) is 0 Å². The molecule has 1 aliphatic heterocycles. The minimum atomic E-state index is -0.279. The van der Waals surface area contributed by atoms with Gasteiger partial charge in [-0.1, -0.05) is 42.5 Å². The van der Waals surface area contributed by atoms with Gasteiger partial charge in [0.1, 0.15) is 11.8 Å². The standard InChI is InChI=1S/C30H32N4O3/c1-20-30(37)33(3)18-24-14-22(10-13-27(24)31-20)15-29(36)32(2)19-25-16-23-6-4-5-7-28(23)34(25)17-21-8-11-26(35)12-9-21/h4-14,16,20,31,35H,15,17-19H2,1-3H3/t20-/m1/s1.